The van der Waals surface area contributed by atoms with Crippen LogP contribution in [0.5, 0.6) is 0 Å². The summed E-state index contributed by atoms with van der Waals surface area (Å²) in [5.41, 5.74) is -0.580. The monoisotopic (exact) mass is 292 g/mol. The quantitative estimate of drug-likeness (QED) is 0.599. The first kappa shape index (κ1) is 15.5. The minimum absolute atomic E-state index is 0.215. The van der Waals surface area contributed by atoms with E-state index in [4.69, 9.17) is 0 Å². The molecule has 0 atom stereocenters. The Hall–Kier alpha value is -1.91. The first-order chi connectivity index (χ1) is 10.1. The Kier molecular flexibility index (Phi) is 4.94. The van der Waals surface area contributed by atoms with Crippen molar-refractivity contribution in [2.45, 2.75) is 39.0 Å². The molecule has 0 unspecified atom stereocenters. The van der Waals surface area contributed by atoms with Gasteiger partial charge in [0, 0.05) is 12.2 Å². The molecule has 0 heterocycles. The maximum atomic E-state index is 13.1. The number of carbonyl (C=O) groups excluding carboxylic acids is 2. The first-order valence-corrected chi connectivity index (χ1v) is 7.44. The summed E-state index contributed by atoms with van der Waals surface area (Å²) in [7, 11) is 0. The number of anilines is 1. The largest absolute Gasteiger partial charge is 0.355 e. The van der Waals surface area contributed by atoms with Crippen LogP contribution in [0.1, 0.15) is 39.0 Å². The minimum atomic E-state index is -0.960. The Bertz CT molecular complexity index is 527. The van der Waals surface area contributed by atoms with Crippen LogP contribution in [0.2, 0.25) is 0 Å². The maximum absolute atomic E-state index is 13.1. The van der Waals surface area contributed by atoms with Gasteiger partial charge in [0.1, 0.15) is 11.2 Å². The van der Waals surface area contributed by atoms with Crippen LogP contribution in [-0.4, -0.2) is 18.4 Å². The van der Waals surface area contributed by atoms with Crippen molar-refractivity contribution in [1.82, 2.24) is 5.32 Å². The van der Waals surface area contributed by atoms with Crippen LogP contribution >= 0.6 is 0 Å². The highest BCUT2D eigenvalue weighted by atomic mass is 19.1. The van der Waals surface area contributed by atoms with E-state index in [1.54, 1.807) is 6.07 Å². The van der Waals surface area contributed by atoms with Gasteiger partial charge in [-0.3, -0.25) is 9.59 Å². The molecule has 2 rings (SSSR count). The number of halogens is 1. The average molecular weight is 292 g/mol. The van der Waals surface area contributed by atoms with Gasteiger partial charge in [-0.25, -0.2) is 4.39 Å². The predicted molar refractivity (Wildman–Crippen MR) is 79.2 cm³/mol. The SMILES string of the molecule is CCCCCNC(=O)C1(C(=O)Nc2cccc(F)c2)CC1. The topological polar surface area (TPSA) is 58.2 Å². The Balaban J connectivity index is 1.90. The molecule has 1 aromatic rings. The number of benzene rings is 1. The van der Waals surface area contributed by atoms with Crippen LogP contribution in [0.4, 0.5) is 10.1 Å². The molecule has 0 bridgehead atoms. The molecule has 1 aliphatic carbocycles. The number of hydrogen-bond acceptors (Lipinski definition) is 2. The molecule has 1 fully saturated rings. The van der Waals surface area contributed by atoms with Gasteiger partial charge >= 0.3 is 0 Å². The number of carbonyl (C=O) groups is 2. The summed E-state index contributed by atoms with van der Waals surface area (Å²) in [5, 5.41) is 5.45. The summed E-state index contributed by atoms with van der Waals surface area (Å²) in [6, 6.07) is 5.68. The predicted octanol–water partition coefficient (Wildman–Crippen LogP) is 2.85. The van der Waals surface area contributed by atoms with Crippen LogP contribution in [0.25, 0.3) is 0 Å². The lowest BCUT2D eigenvalue weighted by Gasteiger charge is -2.15. The standard InChI is InChI=1S/C16H21FN2O2/c1-2-3-4-10-18-14(20)16(8-9-16)15(21)19-13-7-5-6-12(17)11-13/h5-7,11H,2-4,8-10H2,1H3,(H,18,20)(H,19,21). The molecule has 0 spiro atoms. The van der Waals surface area contributed by atoms with Crippen molar-refractivity contribution in [2.24, 2.45) is 5.41 Å². The second-order valence-corrected chi connectivity index (χ2v) is 5.51. The van der Waals surface area contributed by atoms with Gasteiger partial charge in [0.15, 0.2) is 0 Å². The first-order valence-electron chi connectivity index (χ1n) is 7.44. The Morgan fingerprint density at radius 3 is 2.62 bits per heavy atom. The maximum Gasteiger partial charge on any atom is 0.240 e. The fourth-order valence-electron chi connectivity index (χ4n) is 2.25. The number of hydrogen-bond donors (Lipinski definition) is 2. The molecule has 0 saturated heterocycles. The van der Waals surface area contributed by atoms with E-state index in [2.05, 4.69) is 17.6 Å². The molecule has 5 heteroatoms. The van der Waals surface area contributed by atoms with Crippen molar-refractivity contribution >= 4 is 17.5 Å². The van der Waals surface area contributed by atoms with E-state index in [1.165, 1.54) is 18.2 Å². The minimum Gasteiger partial charge on any atom is -0.355 e. The van der Waals surface area contributed by atoms with E-state index >= 15 is 0 Å². The molecule has 4 nitrogen and oxygen atoms in total. The summed E-state index contributed by atoms with van der Waals surface area (Å²) in [5.74, 6) is -0.977. The van der Waals surface area contributed by atoms with Gasteiger partial charge < -0.3 is 10.6 Å². The fraction of sp³-hybridized carbons (Fsp3) is 0.500. The molecule has 114 valence electrons. The smallest absolute Gasteiger partial charge is 0.240 e. The van der Waals surface area contributed by atoms with Crippen molar-refractivity contribution in [3.05, 3.63) is 30.1 Å². The van der Waals surface area contributed by atoms with E-state index < -0.39 is 11.2 Å². The molecular weight excluding hydrogens is 271 g/mol. The molecule has 1 saturated carbocycles. The van der Waals surface area contributed by atoms with E-state index in [0.717, 1.165) is 19.3 Å². The number of nitrogens with one attached hydrogen (secondary N) is 2. The molecule has 0 radical (unpaired) electrons. The van der Waals surface area contributed by atoms with Gasteiger partial charge in [-0.15, -0.1) is 0 Å². The fourth-order valence-corrected chi connectivity index (χ4v) is 2.25. The lowest BCUT2D eigenvalue weighted by molar-refractivity contribution is -0.134. The molecule has 21 heavy (non-hydrogen) atoms. The van der Waals surface area contributed by atoms with E-state index in [-0.39, 0.29) is 11.8 Å². The highest BCUT2D eigenvalue weighted by Gasteiger charge is 2.56. The zero-order chi connectivity index (χ0) is 15.3. The molecule has 2 N–H and O–H groups in total. The zero-order valence-corrected chi connectivity index (χ0v) is 12.2. The van der Waals surface area contributed by atoms with Crippen molar-refractivity contribution in [3.8, 4) is 0 Å². The molecule has 0 aromatic heterocycles. The summed E-state index contributed by atoms with van der Waals surface area (Å²) < 4.78 is 13.1. The van der Waals surface area contributed by atoms with Crippen LogP contribution in [-0.2, 0) is 9.59 Å². The third-order valence-electron chi connectivity index (χ3n) is 3.77. The van der Waals surface area contributed by atoms with Gasteiger partial charge in [-0.2, -0.15) is 0 Å². The highest BCUT2D eigenvalue weighted by molar-refractivity contribution is 6.13. The van der Waals surface area contributed by atoms with Crippen molar-refractivity contribution in [2.75, 3.05) is 11.9 Å². The summed E-state index contributed by atoms with van der Waals surface area (Å²) in [6.45, 7) is 2.69. The van der Waals surface area contributed by atoms with E-state index in [0.29, 0.717) is 25.1 Å². The number of unbranched alkanes of at least 4 members (excludes halogenated alkanes) is 2. The van der Waals surface area contributed by atoms with Gasteiger partial charge in [0.2, 0.25) is 11.8 Å². The molecule has 2 amide bonds. The van der Waals surface area contributed by atoms with Crippen molar-refractivity contribution < 1.29 is 14.0 Å². The third kappa shape index (κ3) is 3.80. The van der Waals surface area contributed by atoms with Crippen LogP contribution in [0.3, 0.4) is 0 Å². The van der Waals surface area contributed by atoms with Gasteiger partial charge in [-0.05, 0) is 37.5 Å². The van der Waals surface area contributed by atoms with Crippen molar-refractivity contribution in [1.29, 1.82) is 0 Å². The van der Waals surface area contributed by atoms with Crippen LogP contribution < -0.4 is 10.6 Å². The van der Waals surface area contributed by atoms with Crippen LogP contribution in [0, 0.1) is 11.2 Å². The van der Waals surface area contributed by atoms with Crippen LogP contribution in [0.15, 0.2) is 24.3 Å². The average Bonchev–Trinajstić information content (AvgIpc) is 3.25. The van der Waals surface area contributed by atoms with Crippen molar-refractivity contribution in [3.63, 3.8) is 0 Å². The Morgan fingerprint density at radius 1 is 1.24 bits per heavy atom. The van der Waals surface area contributed by atoms with Gasteiger partial charge in [0.05, 0.1) is 0 Å². The summed E-state index contributed by atoms with van der Waals surface area (Å²) >= 11 is 0. The Labute approximate surface area is 124 Å². The number of rotatable bonds is 7. The lowest BCUT2D eigenvalue weighted by atomic mass is 10.0. The normalized spacial score (nSPS) is 15.3. The summed E-state index contributed by atoms with van der Waals surface area (Å²) in [4.78, 5) is 24.4. The Morgan fingerprint density at radius 2 is 2.00 bits per heavy atom. The van der Waals surface area contributed by atoms with E-state index in [1.807, 2.05) is 0 Å². The second kappa shape index (κ2) is 6.70. The lowest BCUT2D eigenvalue weighted by Crippen LogP contribution is -2.40. The van der Waals surface area contributed by atoms with Gasteiger partial charge in [-0.1, -0.05) is 25.8 Å². The molecular formula is C16H21FN2O2. The van der Waals surface area contributed by atoms with Gasteiger partial charge in [0.25, 0.3) is 0 Å². The molecule has 1 aromatic carbocycles. The molecule has 1 aliphatic rings. The number of amides is 2. The highest BCUT2D eigenvalue weighted by Crippen LogP contribution is 2.46. The summed E-state index contributed by atoms with van der Waals surface area (Å²) in [6.07, 6.45) is 4.16. The van der Waals surface area contributed by atoms with E-state index in [9.17, 15) is 14.0 Å². The molecule has 0 aliphatic heterocycles. The zero-order valence-electron chi connectivity index (χ0n) is 12.2. The third-order valence-corrected chi connectivity index (χ3v) is 3.77. The second-order valence-electron chi connectivity index (χ2n) is 5.51.